The summed E-state index contributed by atoms with van der Waals surface area (Å²) in [4.78, 5) is 1.17. The Balaban J connectivity index is 2.32. The van der Waals surface area contributed by atoms with Crippen LogP contribution in [-0.4, -0.2) is 6.56 Å². The first-order valence-electron chi connectivity index (χ1n) is 3.87. The van der Waals surface area contributed by atoms with Gasteiger partial charge in [0.15, 0.2) is 0 Å². The lowest BCUT2D eigenvalue weighted by Crippen LogP contribution is -2.05. The monoisotopic (exact) mass is 142 g/mol. The zero-order chi connectivity index (χ0) is 7.90. The lowest BCUT2D eigenvalue weighted by atomic mass is 10.2. The smallest absolute Gasteiger partial charge is 0.0812 e. The number of fused-ring (bicyclic) bond motifs is 1. The van der Waals surface area contributed by atoms with Crippen LogP contribution in [0.25, 0.3) is 0 Å². The molecule has 0 fully saturated rings. The van der Waals surface area contributed by atoms with Crippen molar-refractivity contribution in [1.29, 1.82) is 0 Å². The molecule has 1 aliphatic rings. The molecule has 0 aliphatic carbocycles. The van der Waals surface area contributed by atoms with Gasteiger partial charge >= 0.3 is 0 Å². The fraction of sp³-hybridized carbons (Fsp3) is 0.429. The van der Waals surface area contributed by atoms with E-state index in [9.17, 15) is 0 Å². The van der Waals surface area contributed by atoms with Crippen molar-refractivity contribution >= 4 is 11.3 Å². The summed E-state index contributed by atoms with van der Waals surface area (Å²) in [5, 5.41) is 1.98. The van der Waals surface area contributed by atoms with Crippen LogP contribution in [0.4, 0.5) is 0 Å². The zero-order valence-electron chi connectivity index (χ0n) is 6.89. The molecule has 2 rings (SSSR count). The summed E-state index contributed by atoms with van der Waals surface area (Å²) in [7, 11) is 0. The second-order valence-electron chi connectivity index (χ2n) is 1.98. The number of ether oxygens (including phenoxy) is 1. The van der Waals surface area contributed by atoms with E-state index in [2.05, 4.69) is 0 Å². The van der Waals surface area contributed by atoms with Crippen LogP contribution in [-0.2, 0) is 17.8 Å². The topological polar surface area (TPSA) is 9.23 Å². The van der Waals surface area contributed by atoms with Gasteiger partial charge in [0.2, 0.25) is 0 Å². The fourth-order valence-corrected chi connectivity index (χ4v) is 1.71. The third-order valence-corrected chi connectivity index (χ3v) is 2.34. The van der Waals surface area contributed by atoms with Crippen LogP contribution in [0.2, 0.25) is 0 Å². The van der Waals surface area contributed by atoms with Gasteiger partial charge in [0, 0.05) is 4.88 Å². The lowest BCUT2D eigenvalue weighted by Gasteiger charge is -2.10. The Bertz CT molecular complexity index is 269. The molecule has 1 aromatic rings. The molecular weight excluding hydrogens is 132 g/mol. The summed E-state index contributed by atoms with van der Waals surface area (Å²) in [6, 6.07) is 1.97. The number of hydrogen-bond donors (Lipinski definition) is 0. The minimum absolute atomic E-state index is 0.395. The molecule has 48 valence electrons. The minimum atomic E-state index is -1.45. The van der Waals surface area contributed by atoms with Gasteiger partial charge in [-0.15, -0.1) is 11.3 Å². The van der Waals surface area contributed by atoms with Gasteiger partial charge < -0.3 is 4.74 Å². The molecule has 1 aliphatic heterocycles. The van der Waals surface area contributed by atoms with Crippen LogP contribution >= 0.6 is 11.3 Å². The highest BCUT2D eigenvalue weighted by Gasteiger charge is 2.08. The van der Waals surface area contributed by atoms with Gasteiger partial charge in [0.25, 0.3) is 0 Å². The van der Waals surface area contributed by atoms with Gasteiger partial charge in [-0.1, -0.05) is 0 Å². The first-order valence-corrected chi connectivity index (χ1v) is 3.74. The number of aryl methyl sites for hydroxylation is 1. The third-order valence-electron chi connectivity index (χ3n) is 1.41. The van der Waals surface area contributed by atoms with Crippen molar-refractivity contribution in [3.63, 3.8) is 0 Å². The van der Waals surface area contributed by atoms with Crippen molar-refractivity contribution < 1.29 is 7.48 Å². The summed E-state index contributed by atoms with van der Waals surface area (Å²) in [6.45, 7) is -1.02. The predicted molar refractivity (Wildman–Crippen MR) is 37.7 cm³/mol. The van der Waals surface area contributed by atoms with Crippen molar-refractivity contribution in [3.05, 3.63) is 21.9 Å². The van der Waals surface area contributed by atoms with Crippen molar-refractivity contribution in [2.75, 3.05) is 6.56 Å². The lowest BCUT2D eigenvalue weighted by molar-refractivity contribution is 0.113. The molecule has 0 amide bonds. The van der Waals surface area contributed by atoms with Crippen LogP contribution in [0.15, 0.2) is 11.4 Å². The summed E-state index contributed by atoms with van der Waals surface area (Å²) in [5.74, 6) is 0. The van der Waals surface area contributed by atoms with Gasteiger partial charge in [-0.3, -0.25) is 0 Å². The molecule has 0 bridgehead atoms. The average Bonchev–Trinajstić information content (AvgIpc) is 2.31. The molecule has 2 heteroatoms. The fourth-order valence-electron chi connectivity index (χ4n) is 0.897. The Morgan fingerprint density at radius 3 is 3.78 bits per heavy atom. The quantitative estimate of drug-likeness (QED) is 0.537. The van der Waals surface area contributed by atoms with Crippen molar-refractivity contribution in [2.24, 2.45) is 0 Å². The van der Waals surface area contributed by atoms with E-state index in [4.69, 9.17) is 7.48 Å². The summed E-state index contributed by atoms with van der Waals surface area (Å²) >= 11 is 1.63. The van der Waals surface area contributed by atoms with E-state index in [0.29, 0.717) is 13.0 Å². The molecule has 0 unspecified atom stereocenters. The van der Waals surface area contributed by atoms with Crippen molar-refractivity contribution in [1.82, 2.24) is 0 Å². The second-order valence-corrected chi connectivity index (χ2v) is 2.98. The first-order chi connectivity index (χ1) is 5.17. The maximum Gasteiger partial charge on any atom is 0.0812 e. The SMILES string of the molecule is [2H]C1([2H])Cc2ccsc2CO1. The highest BCUT2D eigenvalue weighted by atomic mass is 32.1. The third kappa shape index (κ3) is 0.884. The zero-order valence-corrected chi connectivity index (χ0v) is 5.70. The van der Waals surface area contributed by atoms with E-state index in [1.54, 1.807) is 11.3 Å². The molecule has 0 saturated heterocycles. The van der Waals surface area contributed by atoms with Crippen LogP contribution < -0.4 is 0 Å². The van der Waals surface area contributed by atoms with Gasteiger partial charge in [-0.2, -0.15) is 0 Å². The minimum Gasteiger partial charge on any atom is -0.376 e. The van der Waals surface area contributed by atoms with E-state index in [1.165, 1.54) is 4.88 Å². The largest absolute Gasteiger partial charge is 0.376 e. The molecule has 0 radical (unpaired) electrons. The van der Waals surface area contributed by atoms with E-state index in [-0.39, 0.29) is 0 Å². The number of thiophene rings is 1. The standard InChI is InChI=1S/C7H8OS/c1-3-8-5-7-6(1)2-4-9-7/h2,4H,1,3,5H2/i3D2. The van der Waals surface area contributed by atoms with E-state index in [1.807, 2.05) is 11.4 Å². The van der Waals surface area contributed by atoms with Crippen molar-refractivity contribution in [2.45, 2.75) is 13.0 Å². The molecule has 2 heterocycles. The molecule has 0 spiro atoms. The Labute approximate surface area is 61.1 Å². The Hall–Kier alpha value is -0.340. The highest BCUT2D eigenvalue weighted by molar-refractivity contribution is 7.10. The Morgan fingerprint density at radius 2 is 2.78 bits per heavy atom. The first kappa shape index (κ1) is 3.74. The van der Waals surface area contributed by atoms with Gasteiger partial charge in [-0.25, -0.2) is 0 Å². The molecule has 0 N–H and O–H groups in total. The van der Waals surface area contributed by atoms with E-state index < -0.39 is 6.56 Å². The van der Waals surface area contributed by atoms with Gasteiger partial charge in [0.1, 0.15) is 0 Å². The molecular formula is C7H8OS. The van der Waals surface area contributed by atoms with Gasteiger partial charge in [-0.05, 0) is 23.4 Å². The summed E-state index contributed by atoms with van der Waals surface area (Å²) in [5.41, 5.74) is 1.10. The van der Waals surface area contributed by atoms with E-state index in [0.717, 1.165) is 5.56 Å². The second kappa shape index (κ2) is 2.12. The molecule has 9 heavy (non-hydrogen) atoms. The average molecular weight is 142 g/mol. The number of rotatable bonds is 0. The van der Waals surface area contributed by atoms with Crippen LogP contribution in [0, 0.1) is 0 Å². The summed E-state index contributed by atoms with van der Waals surface area (Å²) < 4.78 is 19.7. The molecule has 1 aromatic heterocycles. The van der Waals surface area contributed by atoms with Crippen LogP contribution in [0.1, 0.15) is 13.2 Å². The maximum absolute atomic E-state index is 7.34. The normalized spacial score (nSPS) is 26.2. The molecule has 0 atom stereocenters. The summed E-state index contributed by atoms with van der Waals surface area (Å²) in [6.07, 6.45) is 0.395. The van der Waals surface area contributed by atoms with Gasteiger partial charge in [0.05, 0.1) is 15.9 Å². The molecule has 0 saturated carbocycles. The maximum atomic E-state index is 7.34. The highest BCUT2D eigenvalue weighted by Crippen LogP contribution is 2.21. The Kier molecular flexibility index (Phi) is 0.880. The van der Waals surface area contributed by atoms with Crippen LogP contribution in [0.3, 0.4) is 0 Å². The molecule has 1 nitrogen and oxygen atoms in total. The van der Waals surface area contributed by atoms with Crippen LogP contribution in [0.5, 0.6) is 0 Å². The molecule has 0 aromatic carbocycles. The predicted octanol–water partition coefficient (Wildman–Crippen LogP) is 1.82. The Morgan fingerprint density at radius 1 is 1.78 bits per heavy atom. The van der Waals surface area contributed by atoms with Crippen molar-refractivity contribution in [3.8, 4) is 0 Å². The van der Waals surface area contributed by atoms with E-state index >= 15 is 0 Å². The number of hydrogen-bond acceptors (Lipinski definition) is 2.